The normalized spacial score (nSPS) is 10.9. The molecule has 0 N–H and O–H groups in total. The van der Waals surface area contributed by atoms with Gasteiger partial charge in [-0.3, -0.25) is 0 Å². The maximum absolute atomic E-state index is 5.93. The van der Waals surface area contributed by atoms with Crippen LogP contribution in [-0.2, 0) is 0 Å². The Morgan fingerprint density at radius 3 is 2.36 bits per heavy atom. The fraction of sp³-hybridized carbons (Fsp3) is 0.111. The van der Waals surface area contributed by atoms with Crippen molar-refractivity contribution < 1.29 is 0 Å². The number of hydrogen-bond acceptors (Lipinski definition) is 2. The van der Waals surface area contributed by atoms with E-state index >= 15 is 0 Å². The summed E-state index contributed by atoms with van der Waals surface area (Å²) in [5, 5.41) is 2.03. The lowest BCUT2D eigenvalue weighted by Gasteiger charge is -2.02. The van der Waals surface area contributed by atoms with Crippen molar-refractivity contribution in [1.82, 2.24) is 9.97 Å². The summed E-state index contributed by atoms with van der Waals surface area (Å²) < 4.78 is 0. The molecule has 0 aliphatic rings. The number of hydrogen-bond donors (Lipinski definition) is 0. The maximum Gasteiger partial charge on any atom is 0.140 e. The first kappa shape index (κ1) is 9.97. The molecule has 0 aliphatic heterocycles. The van der Waals surface area contributed by atoms with Gasteiger partial charge in [0.05, 0.1) is 15.6 Å². The lowest BCUT2D eigenvalue weighted by atomic mass is 10.2. The predicted molar refractivity (Wildman–Crippen MR) is 59.3 cm³/mol. The van der Waals surface area contributed by atoms with E-state index in [2.05, 4.69) is 9.97 Å². The molecule has 2 rings (SSSR count). The molecule has 14 heavy (non-hydrogen) atoms. The van der Waals surface area contributed by atoms with Crippen molar-refractivity contribution in [3.8, 4) is 0 Å². The topological polar surface area (TPSA) is 25.8 Å². The van der Waals surface area contributed by atoms with Crippen LogP contribution in [0.3, 0.4) is 0 Å². The lowest BCUT2D eigenvalue weighted by Crippen LogP contribution is -1.90. The second kappa shape index (κ2) is 3.54. The summed E-state index contributed by atoms with van der Waals surface area (Å²) in [6.07, 6.45) is 0. The number of benzene rings is 1. The van der Waals surface area contributed by atoms with Crippen LogP contribution in [0, 0.1) is 6.92 Å². The highest BCUT2D eigenvalue weighted by Gasteiger charge is 2.07. The van der Waals surface area contributed by atoms with E-state index in [4.69, 9.17) is 34.8 Å². The second-order valence-corrected chi connectivity index (χ2v) is 4.02. The van der Waals surface area contributed by atoms with Gasteiger partial charge in [-0.2, -0.15) is 0 Å². The van der Waals surface area contributed by atoms with Crippen molar-refractivity contribution in [2.75, 3.05) is 0 Å². The van der Waals surface area contributed by atoms with Crippen LogP contribution in [0.25, 0.3) is 10.9 Å². The van der Waals surface area contributed by atoms with Crippen molar-refractivity contribution >= 4 is 45.7 Å². The summed E-state index contributed by atoms with van der Waals surface area (Å²) in [7, 11) is 0. The zero-order valence-electron chi connectivity index (χ0n) is 7.18. The first-order valence-electron chi connectivity index (χ1n) is 3.87. The fourth-order valence-electron chi connectivity index (χ4n) is 1.20. The van der Waals surface area contributed by atoms with Gasteiger partial charge in [-0.15, -0.1) is 0 Å². The SMILES string of the molecule is Cc1nc(Cl)c2cc(Cl)c(Cl)cc2n1. The molecule has 0 spiro atoms. The Hall–Kier alpha value is -0.570. The van der Waals surface area contributed by atoms with E-state index in [1.807, 2.05) is 0 Å². The molecule has 0 atom stereocenters. The van der Waals surface area contributed by atoms with Gasteiger partial charge in [-0.05, 0) is 19.1 Å². The van der Waals surface area contributed by atoms with E-state index in [1.54, 1.807) is 19.1 Å². The minimum absolute atomic E-state index is 0.395. The van der Waals surface area contributed by atoms with Gasteiger partial charge in [-0.25, -0.2) is 9.97 Å². The van der Waals surface area contributed by atoms with E-state index in [-0.39, 0.29) is 0 Å². The summed E-state index contributed by atoms with van der Waals surface area (Å²) >= 11 is 17.6. The minimum atomic E-state index is 0.395. The van der Waals surface area contributed by atoms with Crippen molar-refractivity contribution in [2.24, 2.45) is 0 Å². The molecular weight excluding hydrogens is 242 g/mol. The molecule has 72 valence electrons. The zero-order valence-corrected chi connectivity index (χ0v) is 9.45. The van der Waals surface area contributed by atoms with Crippen LogP contribution in [0.5, 0.6) is 0 Å². The summed E-state index contributed by atoms with van der Waals surface area (Å²) in [5.74, 6) is 0.612. The Kier molecular flexibility index (Phi) is 2.52. The molecule has 2 nitrogen and oxygen atoms in total. The summed E-state index contributed by atoms with van der Waals surface area (Å²) in [4.78, 5) is 8.22. The van der Waals surface area contributed by atoms with Gasteiger partial charge < -0.3 is 0 Å². The molecule has 2 aromatic rings. The number of fused-ring (bicyclic) bond motifs is 1. The van der Waals surface area contributed by atoms with E-state index in [0.717, 1.165) is 0 Å². The molecule has 5 heteroatoms. The average Bonchev–Trinajstić information content (AvgIpc) is 2.08. The number of halogens is 3. The zero-order chi connectivity index (χ0) is 10.3. The average molecular weight is 248 g/mol. The van der Waals surface area contributed by atoms with Gasteiger partial charge in [0, 0.05) is 5.39 Å². The van der Waals surface area contributed by atoms with Crippen molar-refractivity contribution in [2.45, 2.75) is 6.92 Å². The highest BCUT2D eigenvalue weighted by atomic mass is 35.5. The van der Waals surface area contributed by atoms with E-state index < -0.39 is 0 Å². The highest BCUT2D eigenvalue weighted by molar-refractivity contribution is 6.43. The first-order valence-corrected chi connectivity index (χ1v) is 5.00. The number of rotatable bonds is 0. The molecule has 0 unspecified atom stereocenters. The molecule has 0 aliphatic carbocycles. The maximum atomic E-state index is 5.93. The quantitative estimate of drug-likeness (QED) is 0.660. The molecular formula is C9H5Cl3N2. The summed E-state index contributed by atoms with van der Waals surface area (Å²) in [6.45, 7) is 1.77. The van der Waals surface area contributed by atoms with Gasteiger partial charge in [-0.1, -0.05) is 34.8 Å². The fourth-order valence-corrected chi connectivity index (χ4v) is 1.79. The first-order chi connectivity index (χ1) is 6.58. The van der Waals surface area contributed by atoms with Crippen LogP contribution < -0.4 is 0 Å². The third-order valence-corrected chi connectivity index (χ3v) is 2.81. The smallest absolute Gasteiger partial charge is 0.140 e. The third kappa shape index (κ3) is 1.65. The number of aryl methyl sites for hydroxylation is 1. The number of nitrogens with zero attached hydrogens (tertiary/aromatic N) is 2. The molecule has 0 radical (unpaired) electrons. The largest absolute Gasteiger partial charge is 0.233 e. The van der Waals surface area contributed by atoms with Crippen LogP contribution in [0.2, 0.25) is 15.2 Å². The van der Waals surface area contributed by atoms with Crippen molar-refractivity contribution in [3.63, 3.8) is 0 Å². The van der Waals surface area contributed by atoms with E-state index in [1.165, 1.54) is 0 Å². The Labute approximate surface area is 95.8 Å². The second-order valence-electron chi connectivity index (χ2n) is 2.85. The Balaban J connectivity index is 2.89. The van der Waals surface area contributed by atoms with Crippen LogP contribution >= 0.6 is 34.8 Å². The van der Waals surface area contributed by atoms with E-state index in [9.17, 15) is 0 Å². The molecule has 0 saturated heterocycles. The minimum Gasteiger partial charge on any atom is -0.233 e. The van der Waals surface area contributed by atoms with E-state index in [0.29, 0.717) is 31.9 Å². The van der Waals surface area contributed by atoms with Gasteiger partial charge in [0.1, 0.15) is 11.0 Å². The molecule has 1 aromatic carbocycles. The Bertz CT molecular complexity index is 511. The van der Waals surface area contributed by atoms with Crippen LogP contribution in [0.15, 0.2) is 12.1 Å². The molecule has 0 amide bonds. The number of aromatic nitrogens is 2. The van der Waals surface area contributed by atoms with Crippen molar-refractivity contribution in [1.29, 1.82) is 0 Å². The van der Waals surface area contributed by atoms with Gasteiger partial charge >= 0.3 is 0 Å². The van der Waals surface area contributed by atoms with Crippen LogP contribution in [0.4, 0.5) is 0 Å². The van der Waals surface area contributed by atoms with Gasteiger partial charge in [0.15, 0.2) is 0 Å². The summed E-state index contributed by atoms with van der Waals surface area (Å²) in [6, 6.07) is 3.35. The standard InChI is InChI=1S/C9H5Cl3N2/c1-4-13-8-3-7(11)6(10)2-5(8)9(12)14-4/h2-3H,1H3. The molecule has 0 saturated carbocycles. The van der Waals surface area contributed by atoms with Crippen LogP contribution in [0.1, 0.15) is 5.82 Å². The van der Waals surface area contributed by atoms with Gasteiger partial charge in [0.25, 0.3) is 0 Å². The van der Waals surface area contributed by atoms with Crippen molar-refractivity contribution in [3.05, 3.63) is 33.2 Å². The lowest BCUT2D eigenvalue weighted by molar-refractivity contribution is 1.09. The molecule has 0 bridgehead atoms. The Morgan fingerprint density at radius 1 is 1.00 bits per heavy atom. The molecule has 0 fully saturated rings. The summed E-state index contributed by atoms with van der Waals surface area (Å²) in [5.41, 5.74) is 0.705. The van der Waals surface area contributed by atoms with Gasteiger partial charge in [0.2, 0.25) is 0 Å². The highest BCUT2D eigenvalue weighted by Crippen LogP contribution is 2.29. The molecule has 1 aromatic heterocycles. The third-order valence-electron chi connectivity index (χ3n) is 1.80. The predicted octanol–water partition coefficient (Wildman–Crippen LogP) is 3.90. The van der Waals surface area contributed by atoms with Crippen LogP contribution in [-0.4, -0.2) is 9.97 Å². The monoisotopic (exact) mass is 246 g/mol. The Morgan fingerprint density at radius 2 is 1.64 bits per heavy atom. The molecule has 1 heterocycles.